The van der Waals surface area contributed by atoms with Crippen LogP contribution in [0, 0.1) is 0 Å². The van der Waals surface area contributed by atoms with E-state index in [1.807, 2.05) is 31.4 Å². The van der Waals surface area contributed by atoms with Crippen LogP contribution in [-0.2, 0) is 5.41 Å². The summed E-state index contributed by atoms with van der Waals surface area (Å²) in [7, 11) is 1.87. The average Bonchev–Trinajstić information content (AvgIpc) is 2.88. The van der Waals surface area contributed by atoms with Crippen molar-refractivity contribution in [3.63, 3.8) is 0 Å². The van der Waals surface area contributed by atoms with Crippen LogP contribution in [0.25, 0.3) is 0 Å². The third kappa shape index (κ3) is 2.02. The maximum atomic E-state index is 4.46. The van der Waals surface area contributed by atoms with Gasteiger partial charge in [-0.3, -0.25) is 10.1 Å². The van der Waals surface area contributed by atoms with Crippen molar-refractivity contribution in [1.29, 1.82) is 0 Å². The maximum absolute atomic E-state index is 4.46. The van der Waals surface area contributed by atoms with E-state index in [-0.39, 0.29) is 5.41 Å². The Hall–Kier alpha value is -1.84. The van der Waals surface area contributed by atoms with E-state index in [9.17, 15) is 0 Å². The highest BCUT2D eigenvalue weighted by Gasteiger charge is 2.30. The van der Waals surface area contributed by atoms with E-state index < -0.39 is 0 Å². The molecule has 0 spiro atoms. The van der Waals surface area contributed by atoms with Crippen molar-refractivity contribution in [2.75, 3.05) is 12.4 Å². The molecule has 0 saturated heterocycles. The number of pyridine rings is 1. The summed E-state index contributed by atoms with van der Waals surface area (Å²) >= 11 is 0. The summed E-state index contributed by atoms with van der Waals surface area (Å²) in [6.45, 7) is 4.34. The molecule has 2 aromatic heterocycles. The molecule has 0 amide bonds. The molecule has 0 bridgehead atoms. The molecular formula is C13H18N4. The predicted octanol–water partition coefficient (Wildman–Crippen LogP) is 2.56. The number of rotatable bonds is 4. The van der Waals surface area contributed by atoms with Gasteiger partial charge < -0.3 is 5.32 Å². The molecule has 2 N–H and O–H groups in total. The van der Waals surface area contributed by atoms with E-state index in [0.29, 0.717) is 0 Å². The van der Waals surface area contributed by atoms with Crippen LogP contribution in [0.4, 0.5) is 5.82 Å². The molecular weight excluding hydrogens is 212 g/mol. The number of anilines is 1. The SMILES string of the molecule is CCC(C)(c1ccccn1)c1cc(NC)n[nH]1. The lowest BCUT2D eigenvalue weighted by Gasteiger charge is -2.25. The maximum Gasteiger partial charge on any atom is 0.147 e. The third-order valence-corrected chi connectivity index (χ3v) is 3.37. The molecule has 1 unspecified atom stereocenters. The highest BCUT2D eigenvalue weighted by molar-refractivity contribution is 5.40. The third-order valence-electron chi connectivity index (χ3n) is 3.37. The fraction of sp³-hybridized carbons (Fsp3) is 0.385. The van der Waals surface area contributed by atoms with E-state index in [0.717, 1.165) is 23.6 Å². The highest BCUT2D eigenvalue weighted by atomic mass is 15.2. The summed E-state index contributed by atoms with van der Waals surface area (Å²) in [5.74, 6) is 0.857. The molecule has 0 aromatic carbocycles. The first-order chi connectivity index (χ1) is 8.20. The molecule has 1 atom stereocenters. The normalized spacial score (nSPS) is 14.3. The Kier molecular flexibility index (Phi) is 3.13. The van der Waals surface area contributed by atoms with Crippen molar-refractivity contribution in [2.45, 2.75) is 25.7 Å². The quantitative estimate of drug-likeness (QED) is 0.848. The standard InChI is InChI=1S/C13H18N4/c1-4-13(2,10-7-5-6-8-15-10)11-9-12(14-3)17-16-11/h5-9H,4H2,1-3H3,(H2,14,16,17). The van der Waals surface area contributed by atoms with Crippen molar-refractivity contribution in [3.05, 3.63) is 41.9 Å². The molecule has 0 aliphatic heterocycles. The molecule has 17 heavy (non-hydrogen) atoms. The van der Waals surface area contributed by atoms with Crippen LogP contribution >= 0.6 is 0 Å². The average molecular weight is 230 g/mol. The minimum Gasteiger partial charge on any atom is -0.372 e. The van der Waals surface area contributed by atoms with Gasteiger partial charge in [0.15, 0.2) is 0 Å². The summed E-state index contributed by atoms with van der Waals surface area (Å²) in [4.78, 5) is 4.46. The van der Waals surface area contributed by atoms with Gasteiger partial charge in [-0.05, 0) is 25.5 Å². The molecule has 2 heterocycles. The Morgan fingerprint density at radius 1 is 1.41 bits per heavy atom. The second-order valence-electron chi connectivity index (χ2n) is 4.32. The van der Waals surface area contributed by atoms with Gasteiger partial charge in [-0.1, -0.05) is 13.0 Å². The summed E-state index contributed by atoms with van der Waals surface area (Å²) in [6, 6.07) is 8.05. The smallest absolute Gasteiger partial charge is 0.147 e. The first-order valence-electron chi connectivity index (χ1n) is 5.86. The lowest BCUT2D eigenvalue weighted by Crippen LogP contribution is -2.24. The van der Waals surface area contributed by atoms with E-state index >= 15 is 0 Å². The molecule has 2 rings (SSSR count). The number of nitrogens with zero attached hydrogens (tertiary/aromatic N) is 2. The molecule has 0 fully saturated rings. The van der Waals surface area contributed by atoms with Gasteiger partial charge in [-0.2, -0.15) is 5.10 Å². The van der Waals surface area contributed by atoms with Crippen LogP contribution in [0.5, 0.6) is 0 Å². The predicted molar refractivity (Wildman–Crippen MR) is 69.1 cm³/mol. The second-order valence-corrected chi connectivity index (χ2v) is 4.32. The molecule has 2 aromatic rings. The first kappa shape index (κ1) is 11.6. The van der Waals surface area contributed by atoms with Gasteiger partial charge in [0.1, 0.15) is 5.82 Å². The van der Waals surface area contributed by atoms with Crippen LogP contribution in [0.15, 0.2) is 30.5 Å². The van der Waals surface area contributed by atoms with Gasteiger partial charge in [0, 0.05) is 25.0 Å². The topological polar surface area (TPSA) is 53.6 Å². The van der Waals surface area contributed by atoms with Crippen LogP contribution in [0.2, 0.25) is 0 Å². The van der Waals surface area contributed by atoms with Crippen molar-refractivity contribution >= 4 is 5.82 Å². The van der Waals surface area contributed by atoms with Crippen molar-refractivity contribution in [3.8, 4) is 0 Å². The number of aromatic amines is 1. The molecule has 90 valence electrons. The van der Waals surface area contributed by atoms with Gasteiger partial charge in [0.05, 0.1) is 11.1 Å². The minimum atomic E-state index is -0.122. The van der Waals surface area contributed by atoms with Crippen LogP contribution < -0.4 is 5.32 Å². The lowest BCUT2D eigenvalue weighted by molar-refractivity contribution is 0.515. The zero-order valence-corrected chi connectivity index (χ0v) is 10.5. The number of hydrogen-bond donors (Lipinski definition) is 2. The van der Waals surface area contributed by atoms with Crippen LogP contribution in [0.3, 0.4) is 0 Å². The van der Waals surface area contributed by atoms with E-state index in [4.69, 9.17) is 0 Å². The van der Waals surface area contributed by atoms with E-state index in [1.54, 1.807) is 0 Å². The van der Waals surface area contributed by atoms with Gasteiger partial charge in [0.25, 0.3) is 0 Å². The van der Waals surface area contributed by atoms with Crippen molar-refractivity contribution < 1.29 is 0 Å². The Bertz CT molecular complexity index is 477. The van der Waals surface area contributed by atoms with Gasteiger partial charge in [-0.15, -0.1) is 0 Å². The number of H-pyrrole nitrogens is 1. The largest absolute Gasteiger partial charge is 0.372 e. The Morgan fingerprint density at radius 3 is 2.76 bits per heavy atom. The summed E-state index contributed by atoms with van der Waals surface area (Å²) in [5, 5.41) is 10.3. The number of aromatic nitrogens is 3. The van der Waals surface area contributed by atoms with Crippen molar-refractivity contribution in [1.82, 2.24) is 15.2 Å². The van der Waals surface area contributed by atoms with Gasteiger partial charge in [0.2, 0.25) is 0 Å². The molecule has 4 heteroatoms. The Morgan fingerprint density at radius 2 is 2.24 bits per heavy atom. The summed E-state index contributed by atoms with van der Waals surface area (Å²) < 4.78 is 0. The summed E-state index contributed by atoms with van der Waals surface area (Å²) in [5.41, 5.74) is 2.03. The fourth-order valence-electron chi connectivity index (χ4n) is 1.93. The van der Waals surface area contributed by atoms with Crippen LogP contribution in [0.1, 0.15) is 31.7 Å². The number of nitrogens with one attached hydrogen (secondary N) is 2. The van der Waals surface area contributed by atoms with Gasteiger partial charge >= 0.3 is 0 Å². The molecule has 0 saturated carbocycles. The first-order valence-corrected chi connectivity index (χ1v) is 5.86. The highest BCUT2D eigenvalue weighted by Crippen LogP contribution is 2.33. The summed E-state index contributed by atoms with van der Waals surface area (Å²) in [6.07, 6.45) is 2.80. The van der Waals surface area contributed by atoms with E-state index in [1.165, 1.54) is 0 Å². The Balaban J connectivity index is 2.44. The molecule has 0 aliphatic rings. The van der Waals surface area contributed by atoms with Gasteiger partial charge in [-0.25, -0.2) is 0 Å². The molecule has 0 aliphatic carbocycles. The Labute approximate surface area is 101 Å². The second kappa shape index (κ2) is 4.57. The fourth-order valence-corrected chi connectivity index (χ4v) is 1.93. The molecule has 0 radical (unpaired) electrons. The van der Waals surface area contributed by atoms with Crippen LogP contribution in [-0.4, -0.2) is 22.2 Å². The lowest BCUT2D eigenvalue weighted by atomic mass is 9.80. The zero-order valence-electron chi connectivity index (χ0n) is 10.5. The number of hydrogen-bond acceptors (Lipinski definition) is 3. The monoisotopic (exact) mass is 230 g/mol. The molecule has 4 nitrogen and oxygen atoms in total. The minimum absolute atomic E-state index is 0.122. The van der Waals surface area contributed by atoms with E-state index in [2.05, 4.69) is 40.4 Å². The van der Waals surface area contributed by atoms with Crippen molar-refractivity contribution in [2.24, 2.45) is 0 Å². The zero-order chi connectivity index (χ0) is 12.3.